The monoisotopic (exact) mass is 1450 g/mol. The van der Waals surface area contributed by atoms with Gasteiger partial charge in [-0.15, -0.1) is 0 Å². The minimum absolute atomic E-state index is 0. The number of halogens is 1. The van der Waals surface area contributed by atoms with Crippen molar-refractivity contribution in [1.82, 2.24) is 42.1 Å². The number of aliphatic carboxylic acids is 2. The number of amides is 7. The van der Waals surface area contributed by atoms with Crippen molar-refractivity contribution in [2.75, 3.05) is 65.6 Å². The molecule has 1 rings (SSSR count). The number of rotatable bonds is 29. The Labute approximate surface area is 644 Å². The quantitative estimate of drug-likeness (QED) is 0.00508. The van der Waals surface area contributed by atoms with Crippen molar-refractivity contribution in [2.24, 2.45) is 35.1 Å². The van der Waals surface area contributed by atoms with E-state index in [1.54, 1.807) is 34.6 Å². The van der Waals surface area contributed by atoms with E-state index in [4.69, 9.17) is 55.4 Å². The molecular formula is C58H109BrK2N10O22. The molecule has 0 saturated carbocycles. The molecule has 0 bridgehead atoms. The van der Waals surface area contributed by atoms with Gasteiger partial charge in [-0.05, 0) is 107 Å². The maximum absolute atomic E-state index is 12.1. The molecule has 35 heteroatoms. The Kier molecular flexibility index (Phi) is 62.8. The molecule has 0 aromatic carbocycles. The zero-order valence-corrected chi connectivity index (χ0v) is 66.7. The number of nitrogens with two attached hydrogens (primary N) is 2. The third-order valence-corrected chi connectivity index (χ3v) is 10.6. The van der Waals surface area contributed by atoms with Crippen LogP contribution in [-0.2, 0) is 75.6 Å². The average Bonchev–Trinajstić information content (AvgIpc) is 1.70. The van der Waals surface area contributed by atoms with Gasteiger partial charge in [-0.25, -0.2) is 19.7 Å². The van der Waals surface area contributed by atoms with E-state index in [9.17, 15) is 52.7 Å². The van der Waals surface area contributed by atoms with Gasteiger partial charge >= 0.3 is 145 Å². The molecule has 1 aliphatic heterocycles. The smallest absolute Gasteiger partial charge is 1.00 e. The number of nitrogens with zero attached hydrogens (tertiary/aromatic N) is 1. The van der Waals surface area contributed by atoms with Gasteiger partial charge in [0.2, 0.25) is 11.8 Å². The fraction of sp³-hybridized carbons (Fsp3) is 0.759. The summed E-state index contributed by atoms with van der Waals surface area (Å²) >= 11 is 2.40. The van der Waals surface area contributed by atoms with Crippen LogP contribution in [0.1, 0.15) is 153 Å². The molecule has 0 spiro atoms. The SMILES string of the molecule is CC(C)(C)OC(=O)NC(=O)OBr.CC(C)[C@H](N)C(=O)OC(C)(C)C.CC(C)[C@H](NCCN)C(=O)O.CC(C)[C@H](NCCNC(=O)CCOCCNC(=O)CCN1C(=O)C=CC1=O)C(=O)O.CC(C)[C@H](NCCNC(=O)OC(C)(C)C)C(=O)OC(C)(C)C.O=CO[O-].[H-].[K+].[K+]. The Hall–Kier alpha value is -3.35. The first kappa shape index (κ1) is 103. The zero-order chi connectivity index (χ0) is 72.1. The van der Waals surface area contributed by atoms with Crippen molar-refractivity contribution in [3.05, 3.63) is 12.2 Å². The molecule has 0 radical (unpaired) electrons. The van der Waals surface area contributed by atoms with E-state index >= 15 is 0 Å². The number of hydrogen-bond donors (Lipinski definition) is 11. The summed E-state index contributed by atoms with van der Waals surface area (Å²) in [7, 11) is 0. The largest absolute Gasteiger partial charge is 1.00 e. The van der Waals surface area contributed by atoms with Crippen LogP contribution in [0.15, 0.2) is 12.2 Å². The number of carbonyl (C=O) groups excluding carboxylic acids is 10. The van der Waals surface area contributed by atoms with E-state index < -0.39 is 88.6 Å². The molecule has 0 saturated heterocycles. The van der Waals surface area contributed by atoms with Crippen LogP contribution >= 0.6 is 16.3 Å². The van der Waals surface area contributed by atoms with Crippen LogP contribution in [-0.4, -0.2) is 200 Å². The summed E-state index contributed by atoms with van der Waals surface area (Å²) in [5.74, 6) is -3.45. The maximum atomic E-state index is 12.1. The first-order valence-electron chi connectivity index (χ1n) is 29.4. The van der Waals surface area contributed by atoms with Crippen LogP contribution in [0.25, 0.3) is 0 Å². The third-order valence-electron chi connectivity index (χ3n) is 10.3. The molecule has 4 atom stereocenters. The Morgan fingerprint density at radius 3 is 1.31 bits per heavy atom. The van der Waals surface area contributed by atoms with Gasteiger partial charge in [0, 0.05) is 77.4 Å². The number of esters is 2. The molecular weight excluding hydrogens is 1350 g/mol. The molecule has 0 fully saturated rings. The third kappa shape index (κ3) is 65.7. The van der Waals surface area contributed by atoms with Crippen molar-refractivity contribution >= 4 is 88.5 Å². The number of alkyl carbamates (subject to hydrolysis) is 2. The second-order valence-electron chi connectivity index (χ2n) is 24.9. The van der Waals surface area contributed by atoms with Gasteiger partial charge in [0.25, 0.3) is 18.3 Å². The van der Waals surface area contributed by atoms with Crippen molar-refractivity contribution < 1.29 is 210 Å². The minimum Gasteiger partial charge on any atom is -1.00 e. The van der Waals surface area contributed by atoms with Crippen molar-refractivity contribution in [2.45, 2.75) is 198 Å². The van der Waals surface area contributed by atoms with E-state index in [0.29, 0.717) is 39.3 Å². The molecule has 532 valence electrons. The van der Waals surface area contributed by atoms with Gasteiger partial charge in [-0.3, -0.25) is 48.1 Å². The maximum Gasteiger partial charge on any atom is 1.00 e. The fourth-order valence-corrected chi connectivity index (χ4v) is 6.25. The number of carbonyl (C=O) groups is 12. The number of carboxylic acid groups (broad SMARTS) is 2. The summed E-state index contributed by atoms with van der Waals surface area (Å²) in [4.78, 5) is 136. The van der Waals surface area contributed by atoms with Crippen LogP contribution in [0.2, 0.25) is 0 Å². The summed E-state index contributed by atoms with van der Waals surface area (Å²) in [6, 6.07) is -2.05. The number of ether oxygens (including phenoxy) is 5. The van der Waals surface area contributed by atoms with Gasteiger partial charge in [-0.2, -0.15) is 0 Å². The standard InChI is InChI=1S/C19H30N4O7.C16H32N2O4.C9H19NO2.C7H16N2O2.C6H10BrNO4.CH2O3.2K.H/c1-13(2)18(19(28)29)22-8-7-20-15(25)6-11-30-12-9-21-14(24)5-10-23-16(26)3-4-17(23)27;1-11(2)12(13(19)21-15(3,4)5)17-9-10-18-14(20)22-16(6,7)8;1-6(2)7(10)8(11)12-9(3,4)5;1-5(2)6(7(10)11)9-4-3-8;1-6(2,3)11-4(9)8-5(10)12-7;2-1-4-3;;;/h3-4,13,18,22H,5-12H2,1-2H3,(H,20,25)(H,21,24)(H,28,29);11-12,17H,9-10H2,1-8H3,(H,18,20);6-7H,10H2,1-5H3;5-6,9H,3-4,8H2,1-2H3,(H,10,11);1-3H3,(H,8,9,10);1,3H;;;/q;;;;;;2*+1;-1/p-1/t18-;12-;7-;6-;;;;;/m0000...../s1. The summed E-state index contributed by atoms with van der Waals surface area (Å²) in [6.45, 7) is 39.5. The number of nitrogens with one attached hydrogen (secondary N) is 7. The van der Waals surface area contributed by atoms with Gasteiger partial charge < -0.3 is 92.7 Å². The zero-order valence-electron chi connectivity index (χ0n) is 59.9. The second-order valence-corrected chi connectivity index (χ2v) is 25.2. The van der Waals surface area contributed by atoms with Crippen molar-refractivity contribution in [3.63, 3.8) is 0 Å². The molecule has 0 aliphatic carbocycles. The fourth-order valence-electron chi connectivity index (χ4n) is 6.17. The van der Waals surface area contributed by atoms with Gasteiger partial charge in [0.1, 0.15) is 46.6 Å². The van der Waals surface area contributed by atoms with Gasteiger partial charge in [0.05, 0.1) is 13.2 Å². The summed E-state index contributed by atoms with van der Waals surface area (Å²) in [5, 5.41) is 44.7. The first-order valence-corrected chi connectivity index (χ1v) is 30.0. The van der Waals surface area contributed by atoms with Gasteiger partial charge in [0.15, 0.2) is 16.3 Å². The van der Waals surface area contributed by atoms with E-state index in [2.05, 4.69) is 56.9 Å². The predicted molar refractivity (Wildman–Crippen MR) is 338 cm³/mol. The molecule has 32 nitrogen and oxygen atoms in total. The Morgan fingerprint density at radius 1 is 0.559 bits per heavy atom. The Morgan fingerprint density at radius 2 is 0.935 bits per heavy atom. The molecule has 1 heterocycles. The number of carboxylic acids is 2. The molecule has 1 aliphatic rings. The molecule has 13 N–H and O–H groups in total. The van der Waals surface area contributed by atoms with Crippen molar-refractivity contribution in [1.29, 1.82) is 0 Å². The predicted octanol–water partition coefficient (Wildman–Crippen LogP) is -3.43. The van der Waals surface area contributed by atoms with E-state index in [1.165, 1.54) is 12.2 Å². The van der Waals surface area contributed by atoms with Crippen LogP contribution in [0, 0.1) is 23.7 Å². The topological polar surface area (TPSA) is 472 Å². The van der Waals surface area contributed by atoms with Gasteiger partial charge in [-0.1, -0.05) is 55.4 Å². The van der Waals surface area contributed by atoms with Crippen LogP contribution < -0.4 is 157 Å². The summed E-state index contributed by atoms with van der Waals surface area (Å²) < 4.78 is 29.6. The van der Waals surface area contributed by atoms with Crippen LogP contribution in [0.3, 0.4) is 0 Å². The minimum atomic E-state index is -0.924. The summed E-state index contributed by atoms with van der Waals surface area (Å²) in [6.07, 6.45) is 0.268. The Bertz CT molecular complexity index is 2220. The normalized spacial score (nSPS) is 12.9. The van der Waals surface area contributed by atoms with Crippen molar-refractivity contribution in [3.8, 4) is 0 Å². The molecule has 0 unspecified atom stereocenters. The molecule has 0 aromatic rings. The average molecular weight is 1460 g/mol. The molecule has 0 aromatic heterocycles. The Balaban J connectivity index is -0.000000169. The van der Waals surface area contributed by atoms with Crippen LogP contribution in [0.5, 0.6) is 0 Å². The molecule has 7 amide bonds. The number of imide groups is 2. The second kappa shape index (κ2) is 56.6. The van der Waals surface area contributed by atoms with E-state index in [-0.39, 0.29) is 197 Å². The first-order chi connectivity index (χ1) is 41.6. The number of hydrogen-bond acceptors (Lipinski definition) is 25. The molecule has 93 heavy (non-hydrogen) atoms. The van der Waals surface area contributed by atoms with E-state index in [0.717, 1.165) is 4.90 Å². The summed E-state index contributed by atoms with van der Waals surface area (Å²) in [5.41, 5.74) is 8.71. The van der Waals surface area contributed by atoms with Crippen LogP contribution in [0.4, 0.5) is 14.4 Å². The van der Waals surface area contributed by atoms with E-state index in [1.807, 2.05) is 109 Å².